The number of amides is 2. The summed E-state index contributed by atoms with van der Waals surface area (Å²) in [7, 11) is 0. The number of hydrogen-bond donors (Lipinski definition) is 1. The maximum atomic E-state index is 12.1. The molecule has 0 atom stereocenters. The first kappa shape index (κ1) is 20.3. The van der Waals surface area contributed by atoms with Crippen LogP contribution in [0.1, 0.15) is 31.4 Å². The van der Waals surface area contributed by atoms with Gasteiger partial charge in [0.05, 0.1) is 12.1 Å². The highest BCUT2D eigenvalue weighted by Gasteiger charge is 2.24. The average Bonchev–Trinajstić information content (AvgIpc) is 3.49. The second kappa shape index (κ2) is 9.25. The molecule has 2 aromatic rings. The summed E-state index contributed by atoms with van der Waals surface area (Å²) in [5.41, 5.74) is 2.35. The first-order chi connectivity index (χ1) is 14.6. The van der Waals surface area contributed by atoms with Crippen molar-refractivity contribution in [3.63, 3.8) is 0 Å². The fourth-order valence-electron chi connectivity index (χ4n) is 3.62. The zero-order valence-electron chi connectivity index (χ0n) is 16.6. The second-order valence-corrected chi connectivity index (χ2v) is 8.23. The molecule has 0 unspecified atom stereocenters. The highest BCUT2D eigenvalue weighted by molar-refractivity contribution is 7.14. The van der Waals surface area contributed by atoms with E-state index in [9.17, 15) is 14.4 Å². The largest absolute Gasteiger partial charge is 0.455 e. The Morgan fingerprint density at radius 1 is 1.10 bits per heavy atom. The second-order valence-electron chi connectivity index (χ2n) is 7.40. The molecule has 2 aliphatic heterocycles. The number of rotatable bonds is 7. The number of nitrogens with one attached hydrogen (secondary N) is 1. The molecule has 1 N–H and O–H groups in total. The van der Waals surface area contributed by atoms with E-state index in [1.165, 1.54) is 24.2 Å². The molecule has 1 aromatic heterocycles. The Labute approximate surface area is 178 Å². The molecule has 2 aliphatic rings. The molecule has 9 heteroatoms. The number of hydrogen-bond acceptors (Lipinski definition) is 7. The molecular formula is C21H24N4O4S. The summed E-state index contributed by atoms with van der Waals surface area (Å²) in [6.45, 7) is 2.44. The fraction of sp³-hybridized carbons (Fsp3) is 0.429. The molecular weight excluding hydrogens is 404 g/mol. The van der Waals surface area contributed by atoms with Gasteiger partial charge in [0.2, 0.25) is 5.91 Å². The monoisotopic (exact) mass is 428 g/mol. The minimum atomic E-state index is -0.529. The van der Waals surface area contributed by atoms with Gasteiger partial charge in [-0.2, -0.15) is 0 Å². The van der Waals surface area contributed by atoms with Crippen molar-refractivity contribution in [2.45, 2.75) is 32.1 Å². The van der Waals surface area contributed by atoms with Gasteiger partial charge in [-0.25, -0.2) is 4.98 Å². The van der Waals surface area contributed by atoms with Crippen LogP contribution >= 0.6 is 11.3 Å². The minimum Gasteiger partial charge on any atom is -0.455 e. The fourth-order valence-corrected chi connectivity index (χ4v) is 4.49. The van der Waals surface area contributed by atoms with Crippen molar-refractivity contribution in [2.75, 3.05) is 41.4 Å². The van der Waals surface area contributed by atoms with Gasteiger partial charge >= 0.3 is 5.97 Å². The number of aromatic nitrogens is 1. The average molecular weight is 429 g/mol. The van der Waals surface area contributed by atoms with Crippen LogP contribution in [0.4, 0.5) is 16.5 Å². The van der Waals surface area contributed by atoms with Gasteiger partial charge in [0.1, 0.15) is 0 Å². The predicted octanol–water partition coefficient (Wildman–Crippen LogP) is 2.59. The molecule has 2 fully saturated rings. The Morgan fingerprint density at radius 2 is 1.87 bits per heavy atom. The van der Waals surface area contributed by atoms with Crippen LogP contribution in [0.15, 0.2) is 29.6 Å². The van der Waals surface area contributed by atoms with Gasteiger partial charge in [-0.15, -0.1) is 11.3 Å². The van der Waals surface area contributed by atoms with E-state index in [0.717, 1.165) is 25.2 Å². The van der Waals surface area contributed by atoms with Crippen LogP contribution in [0.25, 0.3) is 0 Å². The summed E-state index contributed by atoms with van der Waals surface area (Å²) in [5.74, 6) is -0.860. The van der Waals surface area contributed by atoms with Gasteiger partial charge in [0, 0.05) is 42.8 Å². The first-order valence-electron chi connectivity index (χ1n) is 10.1. The van der Waals surface area contributed by atoms with E-state index in [2.05, 4.69) is 15.2 Å². The number of thiazole rings is 1. The van der Waals surface area contributed by atoms with Crippen LogP contribution in [-0.2, 0) is 25.5 Å². The number of carbonyl (C=O) groups excluding carboxylic acids is 3. The summed E-state index contributed by atoms with van der Waals surface area (Å²) >= 11 is 1.33. The molecule has 4 rings (SSSR count). The summed E-state index contributed by atoms with van der Waals surface area (Å²) in [6, 6.07) is 7.67. The molecule has 0 spiro atoms. The van der Waals surface area contributed by atoms with Crippen LogP contribution in [0, 0.1) is 0 Å². The molecule has 2 saturated heterocycles. The van der Waals surface area contributed by atoms with Crippen LogP contribution < -0.4 is 15.1 Å². The van der Waals surface area contributed by atoms with Crippen molar-refractivity contribution < 1.29 is 19.1 Å². The summed E-state index contributed by atoms with van der Waals surface area (Å²) in [4.78, 5) is 44.2. The van der Waals surface area contributed by atoms with Crippen molar-refractivity contribution in [3.05, 3.63) is 35.3 Å². The van der Waals surface area contributed by atoms with Crippen molar-refractivity contribution in [1.82, 2.24) is 4.98 Å². The molecule has 0 radical (unpaired) electrons. The Morgan fingerprint density at radius 3 is 2.57 bits per heavy atom. The summed E-state index contributed by atoms with van der Waals surface area (Å²) in [6.07, 6.45) is 3.75. The minimum absolute atomic E-state index is 0.0314. The van der Waals surface area contributed by atoms with Gasteiger partial charge in [-0.05, 0) is 43.5 Å². The molecule has 0 aliphatic carbocycles. The molecule has 8 nitrogen and oxygen atoms in total. The smallest absolute Gasteiger partial charge is 0.312 e. The van der Waals surface area contributed by atoms with Crippen molar-refractivity contribution in [2.24, 2.45) is 0 Å². The Hall–Kier alpha value is -2.94. The number of esters is 1. The lowest BCUT2D eigenvalue weighted by Gasteiger charge is -2.17. The summed E-state index contributed by atoms with van der Waals surface area (Å²) < 4.78 is 5.07. The number of carbonyl (C=O) groups is 3. The number of nitrogens with zero attached hydrogens (tertiary/aromatic N) is 3. The van der Waals surface area contributed by atoms with Crippen molar-refractivity contribution >= 4 is 45.6 Å². The highest BCUT2D eigenvalue weighted by atomic mass is 32.1. The number of benzene rings is 1. The molecule has 0 bridgehead atoms. The Kier molecular flexibility index (Phi) is 6.27. The van der Waals surface area contributed by atoms with Crippen molar-refractivity contribution in [1.29, 1.82) is 0 Å². The Bertz CT molecular complexity index is 921. The van der Waals surface area contributed by atoms with E-state index in [1.54, 1.807) is 10.3 Å². The van der Waals surface area contributed by atoms with E-state index in [1.807, 2.05) is 24.3 Å². The third-order valence-corrected chi connectivity index (χ3v) is 6.07. The van der Waals surface area contributed by atoms with Crippen LogP contribution in [0.3, 0.4) is 0 Å². The lowest BCUT2D eigenvalue weighted by molar-refractivity contribution is -0.146. The van der Waals surface area contributed by atoms with Crippen molar-refractivity contribution in [3.8, 4) is 0 Å². The maximum Gasteiger partial charge on any atom is 0.312 e. The maximum absolute atomic E-state index is 12.1. The van der Waals surface area contributed by atoms with Gasteiger partial charge in [0.15, 0.2) is 11.7 Å². The molecule has 3 heterocycles. The van der Waals surface area contributed by atoms with Crippen LogP contribution in [0.5, 0.6) is 0 Å². The summed E-state index contributed by atoms with van der Waals surface area (Å²) in [5, 5.41) is 5.08. The lowest BCUT2D eigenvalue weighted by Crippen LogP contribution is -2.23. The molecule has 158 valence electrons. The zero-order valence-corrected chi connectivity index (χ0v) is 17.5. The topological polar surface area (TPSA) is 91.8 Å². The van der Waals surface area contributed by atoms with Gasteiger partial charge < -0.3 is 15.0 Å². The van der Waals surface area contributed by atoms with E-state index < -0.39 is 5.97 Å². The zero-order chi connectivity index (χ0) is 20.9. The van der Waals surface area contributed by atoms with E-state index >= 15 is 0 Å². The van der Waals surface area contributed by atoms with Gasteiger partial charge in [0.25, 0.3) is 5.91 Å². The van der Waals surface area contributed by atoms with Crippen LogP contribution in [-0.4, -0.2) is 49.0 Å². The molecule has 0 saturated carbocycles. The van der Waals surface area contributed by atoms with E-state index in [-0.39, 0.29) is 24.8 Å². The lowest BCUT2D eigenvalue weighted by atomic mass is 10.2. The molecule has 2 amide bonds. The third-order valence-electron chi connectivity index (χ3n) is 5.16. The first-order valence-corrected chi connectivity index (χ1v) is 11.0. The predicted molar refractivity (Wildman–Crippen MR) is 115 cm³/mol. The molecule has 1 aromatic carbocycles. The highest BCUT2D eigenvalue weighted by Crippen LogP contribution is 2.25. The standard InChI is InChI=1S/C21H24N4O4S/c26-18(22-15-5-7-17(8-6-15)24-9-1-2-10-24)13-29-20(28)12-16-14-30-21(23-16)25-11-3-4-19(25)27/h5-8,14H,1-4,9-13H2,(H,22,26). The number of ether oxygens (including phenoxy) is 1. The van der Waals surface area contributed by atoms with Gasteiger partial charge in [-0.3, -0.25) is 19.3 Å². The van der Waals surface area contributed by atoms with Crippen LogP contribution in [0.2, 0.25) is 0 Å². The normalized spacial score (nSPS) is 16.2. The van der Waals surface area contributed by atoms with E-state index in [4.69, 9.17) is 4.74 Å². The van der Waals surface area contributed by atoms with E-state index in [0.29, 0.717) is 29.5 Å². The quantitative estimate of drug-likeness (QED) is 0.682. The Balaban J connectivity index is 1.21. The van der Waals surface area contributed by atoms with Gasteiger partial charge in [-0.1, -0.05) is 0 Å². The number of anilines is 3. The molecule has 30 heavy (non-hydrogen) atoms. The SMILES string of the molecule is O=C(COC(=O)Cc1csc(N2CCCC2=O)n1)Nc1ccc(N2CCCC2)cc1. The third kappa shape index (κ3) is 4.96.